The maximum Gasteiger partial charge on any atom is 0.337 e. The van der Waals surface area contributed by atoms with Gasteiger partial charge in [0.25, 0.3) is 0 Å². The van der Waals surface area contributed by atoms with Crippen LogP contribution in [0.3, 0.4) is 0 Å². The molecule has 0 radical (unpaired) electrons. The smallest absolute Gasteiger partial charge is 0.337 e. The Kier molecular flexibility index (Phi) is 6.70. The largest absolute Gasteiger partial charge is 0.465 e. The number of amides is 2. The third-order valence-corrected chi connectivity index (χ3v) is 3.02. The van der Waals surface area contributed by atoms with E-state index in [1.807, 2.05) is 20.8 Å². The zero-order valence-corrected chi connectivity index (χ0v) is 14.8. The van der Waals surface area contributed by atoms with Gasteiger partial charge in [-0.05, 0) is 44.5 Å². The molecule has 1 aromatic carbocycles. The van der Waals surface area contributed by atoms with Crippen molar-refractivity contribution in [3.05, 3.63) is 41.5 Å². The molecule has 1 aromatic rings. The Morgan fingerprint density at radius 3 is 2.25 bits per heavy atom. The first-order valence-electron chi connectivity index (χ1n) is 7.55. The summed E-state index contributed by atoms with van der Waals surface area (Å²) in [6, 6.07) is 6.66. The average molecular weight is 332 g/mol. The monoisotopic (exact) mass is 332 g/mol. The zero-order valence-electron chi connectivity index (χ0n) is 14.8. The van der Waals surface area contributed by atoms with Gasteiger partial charge in [-0.3, -0.25) is 9.59 Å². The molecule has 0 aromatic heterocycles. The van der Waals surface area contributed by atoms with Crippen molar-refractivity contribution in [2.75, 3.05) is 20.7 Å². The molecule has 0 saturated carbocycles. The molecule has 2 amide bonds. The summed E-state index contributed by atoms with van der Waals surface area (Å²) in [6.45, 7) is 5.63. The van der Waals surface area contributed by atoms with E-state index in [9.17, 15) is 14.4 Å². The van der Waals surface area contributed by atoms with Crippen molar-refractivity contribution in [1.29, 1.82) is 0 Å². The number of hydrogen-bond donors (Lipinski definition) is 1. The Labute approximate surface area is 142 Å². The van der Waals surface area contributed by atoms with E-state index >= 15 is 0 Å². The minimum atomic E-state index is -0.411. The summed E-state index contributed by atoms with van der Waals surface area (Å²) in [4.78, 5) is 36.5. The van der Waals surface area contributed by atoms with Crippen LogP contribution in [0.2, 0.25) is 0 Å². The lowest BCUT2D eigenvalue weighted by molar-refractivity contribution is -0.131. The second-order valence-corrected chi connectivity index (χ2v) is 6.44. The Morgan fingerprint density at radius 1 is 1.17 bits per heavy atom. The van der Waals surface area contributed by atoms with Crippen molar-refractivity contribution in [2.24, 2.45) is 0 Å². The summed E-state index contributed by atoms with van der Waals surface area (Å²) in [5.74, 6) is -0.906. The molecule has 24 heavy (non-hydrogen) atoms. The number of nitrogens with zero attached hydrogens (tertiary/aromatic N) is 1. The fourth-order valence-electron chi connectivity index (χ4n) is 1.89. The van der Waals surface area contributed by atoms with E-state index in [2.05, 4.69) is 10.1 Å². The van der Waals surface area contributed by atoms with Crippen molar-refractivity contribution in [3.8, 4) is 0 Å². The summed E-state index contributed by atoms with van der Waals surface area (Å²) in [5, 5.41) is 2.80. The van der Waals surface area contributed by atoms with Gasteiger partial charge in [0.05, 0.1) is 19.2 Å². The molecule has 0 aliphatic rings. The maximum atomic E-state index is 12.0. The van der Waals surface area contributed by atoms with Gasteiger partial charge in [-0.25, -0.2) is 4.79 Å². The van der Waals surface area contributed by atoms with Crippen LogP contribution in [0.1, 0.15) is 36.7 Å². The lowest BCUT2D eigenvalue weighted by Crippen LogP contribution is -2.46. The number of rotatable bonds is 5. The average Bonchev–Trinajstić information content (AvgIpc) is 2.50. The van der Waals surface area contributed by atoms with Crippen molar-refractivity contribution in [1.82, 2.24) is 10.2 Å². The van der Waals surface area contributed by atoms with E-state index in [4.69, 9.17) is 0 Å². The first-order chi connectivity index (χ1) is 11.1. The molecule has 0 fully saturated rings. The zero-order chi connectivity index (χ0) is 18.3. The van der Waals surface area contributed by atoms with Crippen molar-refractivity contribution >= 4 is 23.9 Å². The van der Waals surface area contributed by atoms with Crippen molar-refractivity contribution in [3.63, 3.8) is 0 Å². The molecule has 0 bridgehead atoms. The summed E-state index contributed by atoms with van der Waals surface area (Å²) >= 11 is 0. The topological polar surface area (TPSA) is 75.7 Å². The van der Waals surface area contributed by atoms with Crippen LogP contribution in [0.4, 0.5) is 0 Å². The molecular weight excluding hydrogens is 308 g/mol. The number of likely N-dealkylation sites (N-methyl/N-ethyl adjacent to an activating group) is 1. The third kappa shape index (κ3) is 6.64. The first kappa shape index (κ1) is 19.4. The van der Waals surface area contributed by atoms with Gasteiger partial charge in [-0.15, -0.1) is 0 Å². The molecule has 1 rings (SSSR count). The van der Waals surface area contributed by atoms with Gasteiger partial charge < -0.3 is 15.0 Å². The summed E-state index contributed by atoms with van der Waals surface area (Å²) in [5.41, 5.74) is 0.874. The number of benzene rings is 1. The van der Waals surface area contributed by atoms with E-state index in [1.54, 1.807) is 37.4 Å². The molecule has 0 atom stereocenters. The van der Waals surface area contributed by atoms with Crippen LogP contribution in [0.25, 0.3) is 6.08 Å². The number of carbonyl (C=O) groups is 3. The lowest BCUT2D eigenvalue weighted by Gasteiger charge is -2.22. The standard InChI is InChI=1S/C18H24N2O4/c1-18(2,3)19-15(21)12-20(4)16(22)11-8-13-6-9-14(10-7-13)17(23)24-5/h6-11H,12H2,1-5H3,(H,19,21)/b11-8+. The first-order valence-corrected chi connectivity index (χ1v) is 7.55. The van der Waals surface area contributed by atoms with Crippen LogP contribution in [0, 0.1) is 0 Å². The van der Waals surface area contributed by atoms with E-state index in [1.165, 1.54) is 18.1 Å². The van der Waals surface area contributed by atoms with E-state index in [0.717, 1.165) is 5.56 Å². The summed E-state index contributed by atoms with van der Waals surface area (Å²) in [6.07, 6.45) is 3.01. The predicted octanol–water partition coefficient (Wildman–Crippen LogP) is 1.86. The summed E-state index contributed by atoms with van der Waals surface area (Å²) < 4.78 is 4.62. The van der Waals surface area contributed by atoms with Crippen LogP contribution in [0.5, 0.6) is 0 Å². The molecular formula is C18H24N2O4. The van der Waals surface area contributed by atoms with Gasteiger partial charge >= 0.3 is 5.97 Å². The fraction of sp³-hybridized carbons (Fsp3) is 0.389. The molecule has 6 nitrogen and oxygen atoms in total. The minimum Gasteiger partial charge on any atom is -0.465 e. The number of esters is 1. The van der Waals surface area contributed by atoms with Gasteiger partial charge in [-0.2, -0.15) is 0 Å². The van der Waals surface area contributed by atoms with Crippen LogP contribution in [-0.4, -0.2) is 48.9 Å². The quantitative estimate of drug-likeness (QED) is 0.660. The highest BCUT2D eigenvalue weighted by Gasteiger charge is 2.16. The molecule has 0 aliphatic carbocycles. The van der Waals surface area contributed by atoms with Crippen molar-refractivity contribution in [2.45, 2.75) is 26.3 Å². The summed E-state index contributed by atoms with van der Waals surface area (Å²) in [7, 11) is 2.88. The highest BCUT2D eigenvalue weighted by Crippen LogP contribution is 2.07. The number of methoxy groups -OCH3 is 1. The van der Waals surface area contributed by atoms with Crippen LogP contribution in [-0.2, 0) is 14.3 Å². The second kappa shape index (κ2) is 8.29. The van der Waals surface area contributed by atoms with Gasteiger partial charge in [0.1, 0.15) is 0 Å². The molecule has 0 aliphatic heterocycles. The Balaban J connectivity index is 2.61. The lowest BCUT2D eigenvalue weighted by atomic mass is 10.1. The minimum absolute atomic E-state index is 0.0122. The third-order valence-electron chi connectivity index (χ3n) is 3.02. The van der Waals surface area contributed by atoms with E-state index in [-0.39, 0.29) is 23.9 Å². The Bertz CT molecular complexity index is 627. The Morgan fingerprint density at radius 2 is 1.75 bits per heavy atom. The Hall–Kier alpha value is -2.63. The predicted molar refractivity (Wildman–Crippen MR) is 92.3 cm³/mol. The molecule has 1 N–H and O–H groups in total. The maximum absolute atomic E-state index is 12.0. The molecule has 130 valence electrons. The number of hydrogen-bond acceptors (Lipinski definition) is 4. The van der Waals surface area contributed by atoms with Gasteiger partial charge in [0.15, 0.2) is 0 Å². The van der Waals surface area contributed by atoms with Crippen LogP contribution in [0.15, 0.2) is 30.3 Å². The number of ether oxygens (including phenoxy) is 1. The SMILES string of the molecule is COC(=O)c1ccc(/C=C/C(=O)N(C)CC(=O)NC(C)(C)C)cc1. The number of carbonyl (C=O) groups excluding carboxylic acids is 3. The second-order valence-electron chi connectivity index (χ2n) is 6.44. The molecule has 0 unspecified atom stereocenters. The van der Waals surface area contributed by atoms with Crippen LogP contribution >= 0.6 is 0 Å². The molecule has 0 heterocycles. The highest BCUT2D eigenvalue weighted by molar-refractivity contribution is 5.94. The normalized spacial score (nSPS) is 11.2. The molecule has 0 saturated heterocycles. The van der Waals surface area contributed by atoms with Crippen LogP contribution < -0.4 is 5.32 Å². The van der Waals surface area contributed by atoms with Gasteiger partial charge in [0.2, 0.25) is 11.8 Å². The van der Waals surface area contributed by atoms with Gasteiger partial charge in [-0.1, -0.05) is 12.1 Å². The molecule has 0 spiro atoms. The number of nitrogens with one attached hydrogen (secondary N) is 1. The molecule has 6 heteroatoms. The van der Waals surface area contributed by atoms with E-state index in [0.29, 0.717) is 5.56 Å². The highest BCUT2D eigenvalue weighted by atomic mass is 16.5. The van der Waals surface area contributed by atoms with Gasteiger partial charge in [0, 0.05) is 18.7 Å². The van der Waals surface area contributed by atoms with E-state index < -0.39 is 5.97 Å². The fourth-order valence-corrected chi connectivity index (χ4v) is 1.89. The van der Waals surface area contributed by atoms with Crippen molar-refractivity contribution < 1.29 is 19.1 Å².